The fourth-order valence-corrected chi connectivity index (χ4v) is 2.86. The zero-order valence-corrected chi connectivity index (χ0v) is 14.4. The number of imidazole rings is 1. The molecule has 0 bridgehead atoms. The summed E-state index contributed by atoms with van der Waals surface area (Å²) in [5.41, 5.74) is 2.62. The third kappa shape index (κ3) is 2.82. The summed E-state index contributed by atoms with van der Waals surface area (Å²) in [6, 6.07) is 11.2. The minimum absolute atomic E-state index is 0.200. The van der Waals surface area contributed by atoms with Gasteiger partial charge in [-0.2, -0.15) is 0 Å². The summed E-state index contributed by atoms with van der Waals surface area (Å²) < 4.78 is 7.93. The van der Waals surface area contributed by atoms with Gasteiger partial charge in [0.1, 0.15) is 5.69 Å². The zero-order valence-electron chi connectivity index (χ0n) is 12.8. The van der Waals surface area contributed by atoms with Crippen LogP contribution >= 0.6 is 15.9 Å². The number of aromatic nitrogens is 2. The van der Waals surface area contributed by atoms with E-state index in [1.807, 2.05) is 49.5 Å². The fraction of sp³-hybridized carbons (Fsp3) is 0.176. The molecule has 23 heavy (non-hydrogen) atoms. The summed E-state index contributed by atoms with van der Waals surface area (Å²) in [7, 11) is 1.59. The Morgan fingerprint density at radius 1 is 1.30 bits per heavy atom. The molecule has 118 valence electrons. The first-order valence-corrected chi connectivity index (χ1v) is 8.04. The van der Waals surface area contributed by atoms with Crippen molar-refractivity contribution in [1.29, 1.82) is 0 Å². The largest absolute Gasteiger partial charge is 0.493 e. The number of carbonyl (C=O) groups is 1. The first kappa shape index (κ1) is 15.6. The van der Waals surface area contributed by atoms with Gasteiger partial charge in [0.25, 0.3) is 5.91 Å². The Bertz CT molecular complexity index is 873. The first-order chi connectivity index (χ1) is 11.2. The number of rotatable bonds is 4. The van der Waals surface area contributed by atoms with E-state index in [9.17, 15) is 4.79 Å². The minimum atomic E-state index is -0.200. The number of methoxy groups -OCH3 is 1. The molecule has 3 rings (SSSR count). The number of anilines is 1. The number of pyridine rings is 1. The van der Waals surface area contributed by atoms with Crippen LogP contribution in [0.25, 0.3) is 5.65 Å². The van der Waals surface area contributed by atoms with E-state index >= 15 is 0 Å². The molecule has 0 fully saturated rings. The number of halogens is 1. The van der Waals surface area contributed by atoms with Crippen molar-refractivity contribution in [2.24, 2.45) is 0 Å². The molecular formula is C17H16BrN3O2. The Morgan fingerprint density at radius 2 is 2.09 bits per heavy atom. The molecule has 0 radical (unpaired) electrons. The minimum Gasteiger partial charge on any atom is -0.493 e. The Labute approximate surface area is 142 Å². The summed E-state index contributed by atoms with van der Waals surface area (Å²) in [5, 5.41) is 2.93. The lowest BCUT2D eigenvalue weighted by atomic mass is 10.2. The number of para-hydroxylation sites is 1. The average Bonchev–Trinajstić information content (AvgIpc) is 2.95. The number of hydrogen-bond acceptors (Lipinski definition) is 3. The molecule has 1 N–H and O–H groups in total. The maximum atomic E-state index is 12.8. The van der Waals surface area contributed by atoms with Gasteiger partial charge in [-0.3, -0.25) is 9.20 Å². The van der Waals surface area contributed by atoms with Crippen molar-refractivity contribution in [3.63, 3.8) is 0 Å². The molecule has 0 aliphatic heterocycles. The highest BCUT2D eigenvalue weighted by Crippen LogP contribution is 2.25. The number of amides is 1. The first-order valence-electron chi connectivity index (χ1n) is 7.25. The SMILES string of the molecule is CCc1nc2c(OC)cccn2c1C(=O)Nc1ccccc1Br. The number of carbonyl (C=O) groups excluding carboxylic acids is 1. The van der Waals surface area contributed by atoms with Gasteiger partial charge in [-0.05, 0) is 46.6 Å². The molecule has 2 aromatic heterocycles. The van der Waals surface area contributed by atoms with Crippen molar-refractivity contribution in [3.8, 4) is 5.75 Å². The van der Waals surface area contributed by atoms with Crippen molar-refractivity contribution in [2.45, 2.75) is 13.3 Å². The molecule has 0 saturated carbocycles. The summed E-state index contributed by atoms with van der Waals surface area (Å²) in [5.74, 6) is 0.441. The second-order valence-electron chi connectivity index (χ2n) is 4.96. The maximum Gasteiger partial charge on any atom is 0.274 e. The predicted molar refractivity (Wildman–Crippen MR) is 93.2 cm³/mol. The molecule has 2 heterocycles. The molecule has 0 aliphatic rings. The van der Waals surface area contributed by atoms with Crippen LogP contribution in [0.1, 0.15) is 23.1 Å². The van der Waals surface area contributed by atoms with E-state index in [0.29, 0.717) is 23.5 Å². The number of benzene rings is 1. The quantitative estimate of drug-likeness (QED) is 0.753. The molecule has 0 saturated heterocycles. The standard InChI is InChI=1S/C17H16BrN3O2/c1-3-12-15(17(22)20-13-8-5-4-7-11(13)18)21-10-6-9-14(23-2)16(21)19-12/h4-10H,3H2,1-2H3,(H,20,22). The average molecular weight is 374 g/mol. The van der Waals surface area contributed by atoms with Crippen LogP contribution < -0.4 is 10.1 Å². The number of nitrogens with one attached hydrogen (secondary N) is 1. The topological polar surface area (TPSA) is 55.6 Å². The number of hydrogen-bond donors (Lipinski definition) is 1. The van der Waals surface area contributed by atoms with Crippen LogP contribution in [0.15, 0.2) is 47.1 Å². The molecule has 5 nitrogen and oxygen atoms in total. The lowest BCUT2D eigenvalue weighted by molar-refractivity contribution is 0.102. The maximum absolute atomic E-state index is 12.8. The summed E-state index contributed by atoms with van der Waals surface area (Å²) >= 11 is 3.44. The molecule has 3 aromatic rings. The van der Waals surface area contributed by atoms with Gasteiger partial charge < -0.3 is 10.1 Å². The van der Waals surface area contributed by atoms with E-state index in [1.54, 1.807) is 11.5 Å². The zero-order chi connectivity index (χ0) is 16.4. The van der Waals surface area contributed by atoms with Crippen molar-refractivity contribution >= 4 is 33.2 Å². The second-order valence-corrected chi connectivity index (χ2v) is 5.82. The molecule has 1 amide bonds. The second kappa shape index (κ2) is 6.42. The van der Waals surface area contributed by atoms with Crippen LogP contribution in [0.4, 0.5) is 5.69 Å². The summed E-state index contributed by atoms with van der Waals surface area (Å²) in [6.07, 6.45) is 2.47. The van der Waals surface area contributed by atoms with E-state index in [0.717, 1.165) is 15.9 Å². The summed E-state index contributed by atoms with van der Waals surface area (Å²) in [4.78, 5) is 17.3. The third-order valence-electron chi connectivity index (χ3n) is 3.58. The normalized spacial score (nSPS) is 10.7. The van der Waals surface area contributed by atoms with Gasteiger partial charge in [0.05, 0.1) is 18.5 Å². The number of nitrogens with zero attached hydrogens (tertiary/aromatic N) is 2. The Balaban J connectivity index is 2.08. The van der Waals surface area contributed by atoms with E-state index < -0.39 is 0 Å². The Kier molecular flexibility index (Phi) is 4.34. The van der Waals surface area contributed by atoms with E-state index in [-0.39, 0.29) is 5.91 Å². The summed E-state index contributed by atoms with van der Waals surface area (Å²) in [6.45, 7) is 1.98. The molecule has 6 heteroatoms. The van der Waals surface area contributed by atoms with Crippen molar-refractivity contribution in [2.75, 3.05) is 12.4 Å². The number of fused-ring (bicyclic) bond motifs is 1. The van der Waals surface area contributed by atoms with Gasteiger partial charge in [0.15, 0.2) is 11.4 Å². The van der Waals surface area contributed by atoms with Crippen LogP contribution in [-0.4, -0.2) is 22.4 Å². The lowest BCUT2D eigenvalue weighted by Crippen LogP contribution is -2.16. The Hall–Kier alpha value is -2.34. The molecule has 0 spiro atoms. The van der Waals surface area contributed by atoms with Crippen LogP contribution in [0.5, 0.6) is 5.75 Å². The predicted octanol–water partition coefficient (Wildman–Crippen LogP) is 3.92. The number of ether oxygens (including phenoxy) is 1. The van der Waals surface area contributed by atoms with Gasteiger partial charge in [0, 0.05) is 10.7 Å². The van der Waals surface area contributed by atoms with Gasteiger partial charge in [-0.1, -0.05) is 19.1 Å². The highest BCUT2D eigenvalue weighted by atomic mass is 79.9. The Morgan fingerprint density at radius 3 is 2.78 bits per heavy atom. The van der Waals surface area contributed by atoms with Crippen molar-refractivity contribution in [3.05, 3.63) is 58.5 Å². The number of aryl methyl sites for hydroxylation is 1. The van der Waals surface area contributed by atoms with E-state index in [1.165, 1.54) is 0 Å². The van der Waals surface area contributed by atoms with Gasteiger partial charge >= 0.3 is 0 Å². The van der Waals surface area contributed by atoms with Crippen LogP contribution in [-0.2, 0) is 6.42 Å². The van der Waals surface area contributed by atoms with Crippen LogP contribution in [0.3, 0.4) is 0 Å². The molecule has 0 unspecified atom stereocenters. The highest BCUT2D eigenvalue weighted by Gasteiger charge is 2.20. The van der Waals surface area contributed by atoms with Gasteiger partial charge in [0.2, 0.25) is 0 Å². The van der Waals surface area contributed by atoms with Crippen LogP contribution in [0.2, 0.25) is 0 Å². The molecule has 0 aliphatic carbocycles. The van der Waals surface area contributed by atoms with E-state index in [2.05, 4.69) is 26.2 Å². The fourth-order valence-electron chi connectivity index (χ4n) is 2.48. The third-order valence-corrected chi connectivity index (χ3v) is 4.27. The molecular weight excluding hydrogens is 358 g/mol. The van der Waals surface area contributed by atoms with Crippen molar-refractivity contribution < 1.29 is 9.53 Å². The van der Waals surface area contributed by atoms with Crippen molar-refractivity contribution in [1.82, 2.24) is 9.38 Å². The van der Waals surface area contributed by atoms with E-state index in [4.69, 9.17) is 4.74 Å². The monoisotopic (exact) mass is 373 g/mol. The molecule has 1 aromatic carbocycles. The van der Waals surface area contributed by atoms with Gasteiger partial charge in [-0.25, -0.2) is 4.98 Å². The highest BCUT2D eigenvalue weighted by molar-refractivity contribution is 9.10. The van der Waals surface area contributed by atoms with Gasteiger partial charge in [-0.15, -0.1) is 0 Å². The van der Waals surface area contributed by atoms with Crippen LogP contribution in [0, 0.1) is 0 Å². The molecule has 0 atom stereocenters. The lowest BCUT2D eigenvalue weighted by Gasteiger charge is -2.08. The smallest absolute Gasteiger partial charge is 0.274 e.